The van der Waals surface area contributed by atoms with Crippen LogP contribution in [0.3, 0.4) is 0 Å². The summed E-state index contributed by atoms with van der Waals surface area (Å²) >= 11 is 0. The van der Waals surface area contributed by atoms with Crippen LogP contribution in [0.4, 0.5) is 4.79 Å². The Bertz CT molecular complexity index is 1110. The number of rotatable bonds is 4. The summed E-state index contributed by atoms with van der Waals surface area (Å²) in [6.45, 7) is 7.57. The number of nitrogens with one attached hydrogen (secondary N) is 1. The van der Waals surface area contributed by atoms with Gasteiger partial charge in [0.2, 0.25) is 0 Å². The van der Waals surface area contributed by atoms with Gasteiger partial charge >= 0.3 is 12.1 Å². The van der Waals surface area contributed by atoms with E-state index in [1.54, 1.807) is 40.9 Å². The zero-order valence-electron chi connectivity index (χ0n) is 21.1. The number of alkyl carbamates (subject to hydrolysis) is 1. The first kappa shape index (κ1) is 23.9. The van der Waals surface area contributed by atoms with Crippen molar-refractivity contribution in [1.82, 2.24) is 10.2 Å². The topological polar surface area (TPSA) is 107 Å². The highest BCUT2D eigenvalue weighted by Gasteiger charge is 2.72. The lowest BCUT2D eigenvalue weighted by atomic mass is 9.50. The minimum atomic E-state index is -1.08. The third kappa shape index (κ3) is 3.42. The molecule has 0 aromatic heterocycles. The summed E-state index contributed by atoms with van der Waals surface area (Å²) in [5.74, 6) is 0.931. The first-order valence-electron chi connectivity index (χ1n) is 12.1. The molecule has 2 aliphatic carbocycles. The van der Waals surface area contributed by atoms with Gasteiger partial charge in [-0.25, -0.2) is 9.59 Å². The lowest BCUT2D eigenvalue weighted by Crippen LogP contribution is -2.74. The third-order valence-corrected chi connectivity index (χ3v) is 7.86. The lowest BCUT2D eigenvalue weighted by molar-refractivity contribution is -0.169. The molecule has 4 aliphatic rings. The molecule has 0 radical (unpaired) electrons. The number of amides is 1. The fraction of sp³-hybridized carbons (Fsp3) is 0.615. The van der Waals surface area contributed by atoms with Crippen molar-refractivity contribution in [3.8, 4) is 11.5 Å². The molecule has 0 unspecified atom stereocenters. The second kappa shape index (κ2) is 7.86. The van der Waals surface area contributed by atoms with Gasteiger partial charge in [-0.2, -0.15) is 0 Å². The minimum Gasteiger partial charge on any atom is -0.493 e. The van der Waals surface area contributed by atoms with E-state index in [-0.39, 0.29) is 6.04 Å². The zero-order chi connectivity index (χ0) is 25.3. The number of carbonyl (C=O) groups is 2. The largest absolute Gasteiger partial charge is 0.493 e. The van der Waals surface area contributed by atoms with Crippen LogP contribution in [0.25, 0.3) is 0 Å². The van der Waals surface area contributed by atoms with Gasteiger partial charge in [-0.05, 0) is 71.8 Å². The average molecular weight is 487 g/mol. The summed E-state index contributed by atoms with van der Waals surface area (Å²) in [5, 5.41) is 14.7. The van der Waals surface area contributed by atoms with Crippen molar-refractivity contribution in [3.63, 3.8) is 0 Å². The minimum absolute atomic E-state index is 0.0875. The maximum atomic E-state index is 13.0. The van der Waals surface area contributed by atoms with Crippen LogP contribution in [0.1, 0.15) is 51.7 Å². The van der Waals surface area contributed by atoms with Gasteiger partial charge in [-0.15, -0.1) is 0 Å². The van der Waals surface area contributed by atoms with E-state index in [2.05, 4.69) is 10.2 Å². The number of ether oxygens (including phenoxy) is 4. The molecular weight excluding hydrogens is 452 g/mol. The highest BCUT2D eigenvalue weighted by Crippen LogP contribution is 2.65. The molecular formula is C26H34N2O7. The molecule has 1 amide bonds. The Morgan fingerprint density at radius 2 is 2.06 bits per heavy atom. The van der Waals surface area contributed by atoms with Gasteiger partial charge in [0.25, 0.3) is 0 Å². The number of esters is 1. The predicted molar refractivity (Wildman–Crippen MR) is 126 cm³/mol. The van der Waals surface area contributed by atoms with E-state index in [1.807, 2.05) is 19.2 Å². The van der Waals surface area contributed by atoms with Crippen LogP contribution in [-0.4, -0.2) is 72.2 Å². The molecule has 2 N–H and O–H groups in total. The molecule has 5 rings (SSSR count). The van der Waals surface area contributed by atoms with Crippen LogP contribution in [0.5, 0.6) is 11.5 Å². The number of methoxy groups -OCH3 is 1. The number of piperidine rings is 1. The summed E-state index contributed by atoms with van der Waals surface area (Å²) in [5.41, 5.74) is -0.429. The first-order valence-corrected chi connectivity index (χ1v) is 12.1. The molecule has 0 saturated carbocycles. The fourth-order valence-corrected chi connectivity index (χ4v) is 6.34. The number of carbonyl (C=O) groups excluding carboxylic acids is 2. The van der Waals surface area contributed by atoms with E-state index in [1.165, 1.54) is 0 Å². The normalized spacial score (nSPS) is 31.5. The summed E-state index contributed by atoms with van der Waals surface area (Å²) < 4.78 is 23.2. The first-order chi connectivity index (χ1) is 16.4. The molecule has 9 heteroatoms. The smallest absolute Gasteiger partial charge is 0.408 e. The summed E-state index contributed by atoms with van der Waals surface area (Å²) in [6.07, 6.45) is 2.06. The average Bonchev–Trinajstić information content (AvgIpc) is 3.12. The highest BCUT2D eigenvalue weighted by atomic mass is 16.6. The van der Waals surface area contributed by atoms with Crippen LogP contribution in [-0.2, 0) is 26.1 Å². The van der Waals surface area contributed by atoms with Crippen molar-refractivity contribution in [2.75, 3.05) is 20.7 Å². The van der Waals surface area contributed by atoms with Gasteiger partial charge in [0, 0.05) is 18.0 Å². The van der Waals surface area contributed by atoms with E-state index < -0.39 is 40.8 Å². The van der Waals surface area contributed by atoms with E-state index >= 15 is 0 Å². The third-order valence-electron chi connectivity index (χ3n) is 7.86. The van der Waals surface area contributed by atoms with Gasteiger partial charge in [-0.3, -0.25) is 0 Å². The van der Waals surface area contributed by atoms with Gasteiger partial charge in [0.15, 0.2) is 17.6 Å². The van der Waals surface area contributed by atoms with Crippen molar-refractivity contribution >= 4 is 12.1 Å². The number of hydrogen-bond donors (Lipinski definition) is 2. The van der Waals surface area contributed by atoms with Crippen molar-refractivity contribution in [2.24, 2.45) is 0 Å². The quantitative estimate of drug-likeness (QED) is 0.625. The van der Waals surface area contributed by atoms with E-state index in [0.717, 1.165) is 17.7 Å². The lowest BCUT2D eigenvalue weighted by Gasteiger charge is -2.61. The standard InChI is InChI=1S/C26H34N2O7/c1-14(27-23(30)35-24(2,3)4)22(29)33-17-9-10-26(31)18-13-15-7-8-16(32-6)20-19(15)25(26,21(17)34-20)11-12-28(18)5/h7-9,14,18,21,31H,10-13H2,1-6H3,(H,27,30)/t14-,18+,21-,25-,26+/m0/s1. The fourth-order valence-electron chi connectivity index (χ4n) is 6.34. The second-order valence-corrected chi connectivity index (χ2v) is 11.1. The Morgan fingerprint density at radius 1 is 1.31 bits per heavy atom. The molecule has 2 aliphatic heterocycles. The summed E-state index contributed by atoms with van der Waals surface area (Å²) in [4.78, 5) is 27.3. The Hall–Kier alpha value is -2.78. The van der Waals surface area contributed by atoms with E-state index in [9.17, 15) is 14.7 Å². The number of nitrogens with zero attached hydrogens (tertiary/aromatic N) is 1. The number of likely N-dealkylation sites (N-methyl/N-ethyl adjacent to an activating group) is 1. The van der Waals surface area contributed by atoms with E-state index in [4.69, 9.17) is 18.9 Å². The van der Waals surface area contributed by atoms with Gasteiger partial charge < -0.3 is 34.3 Å². The molecule has 1 aromatic carbocycles. The number of likely N-dealkylation sites (tertiary alicyclic amines) is 1. The predicted octanol–water partition coefficient (Wildman–Crippen LogP) is 2.43. The summed E-state index contributed by atoms with van der Waals surface area (Å²) in [7, 11) is 3.63. The van der Waals surface area contributed by atoms with Crippen LogP contribution < -0.4 is 14.8 Å². The van der Waals surface area contributed by atoms with Gasteiger partial charge in [-0.1, -0.05) is 6.07 Å². The number of benzene rings is 1. The highest BCUT2D eigenvalue weighted by molar-refractivity contribution is 5.82. The summed E-state index contributed by atoms with van der Waals surface area (Å²) in [6, 6.07) is 2.92. The molecule has 190 valence electrons. The molecule has 1 aromatic rings. The monoisotopic (exact) mass is 486 g/mol. The Kier molecular flexibility index (Phi) is 5.38. The molecule has 5 atom stereocenters. The molecule has 1 fully saturated rings. The molecule has 2 heterocycles. The van der Waals surface area contributed by atoms with E-state index in [0.29, 0.717) is 36.5 Å². The van der Waals surface area contributed by atoms with Crippen molar-refractivity contribution in [3.05, 3.63) is 35.1 Å². The Morgan fingerprint density at radius 3 is 2.74 bits per heavy atom. The van der Waals surface area contributed by atoms with Crippen molar-refractivity contribution in [2.45, 2.75) is 81.8 Å². The molecule has 1 spiro atoms. The van der Waals surface area contributed by atoms with Crippen LogP contribution in [0, 0.1) is 0 Å². The molecule has 1 saturated heterocycles. The molecule has 35 heavy (non-hydrogen) atoms. The van der Waals surface area contributed by atoms with Gasteiger partial charge in [0.05, 0.1) is 18.1 Å². The number of hydrogen-bond acceptors (Lipinski definition) is 8. The Labute approximate surface area is 205 Å². The second-order valence-electron chi connectivity index (χ2n) is 11.1. The van der Waals surface area contributed by atoms with Gasteiger partial charge in [0.1, 0.15) is 17.4 Å². The molecule has 9 nitrogen and oxygen atoms in total. The van der Waals surface area contributed by atoms with Crippen LogP contribution in [0.2, 0.25) is 0 Å². The maximum Gasteiger partial charge on any atom is 0.408 e. The van der Waals surface area contributed by atoms with Crippen LogP contribution in [0.15, 0.2) is 24.0 Å². The molecule has 2 bridgehead atoms. The maximum absolute atomic E-state index is 13.0. The SMILES string of the molecule is COc1ccc2c3c1O[C@H]1C(OC(=O)[C@H](C)NC(=O)OC(C)(C)C)=CC[C@@]4(O)[C@@H](C2)N(C)CC[C@]314. The van der Waals surface area contributed by atoms with Crippen LogP contribution >= 0.6 is 0 Å². The number of aliphatic hydroxyl groups is 1. The van der Waals surface area contributed by atoms with Crippen molar-refractivity contribution < 1.29 is 33.6 Å². The van der Waals surface area contributed by atoms with Crippen molar-refractivity contribution in [1.29, 1.82) is 0 Å². The Balaban J connectivity index is 1.47. The zero-order valence-corrected chi connectivity index (χ0v) is 21.1.